The number of aliphatic carboxylic acids is 1. The molecular formula is C7H10O3. The number of carbonyl (C=O) groups is 1. The molecule has 10 heavy (non-hydrogen) atoms. The maximum atomic E-state index is 10.6. The number of carboxylic acid groups (broad SMARTS) is 1. The second kappa shape index (κ2) is 1.37. The summed E-state index contributed by atoms with van der Waals surface area (Å²) in [6.45, 7) is 2.69. The summed E-state index contributed by atoms with van der Waals surface area (Å²) in [6.07, 6.45) is 1.41. The summed E-state index contributed by atoms with van der Waals surface area (Å²) in [5.41, 5.74) is -0.604. The highest BCUT2D eigenvalue weighted by Gasteiger charge is 2.64. The van der Waals surface area contributed by atoms with E-state index in [0.29, 0.717) is 19.4 Å². The molecule has 3 rings (SSSR count). The Morgan fingerprint density at radius 2 is 2.20 bits per heavy atom. The zero-order valence-electron chi connectivity index (χ0n) is 5.89. The molecule has 1 N–H and O–H groups in total. The fourth-order valence-electron chi connectivity index (χ4n) is 2.06. The van der Waals surface area contributed by atoms with Crippen molar-refractivity contribution in [3.8, 4) is 0 Å². The lowest BCUT2D eigenvalue weighted by Crippen LogP contribution is -2.48. The zero-order valence-corrected chi connectivity index (χ0v) is 5.89. The molecule has 2 bridgehead atoms. The van der Waals surface area contributed by atoms with Crippen molar-refractivity contribution in [3.05, 3.63) is 0 Å². The number of carboxylic acids is 1. The van der Waals surface area contributed by atoms with Crippen LogP contribution in [-0.2, 0) is 9.53 Å². The highest BCUT2D eigenvalue weighted by molar-refractivity contribution is 5.80. The number of rotatable bonds is 1. The maximum Gasteiger partial charge on any atom is 0.336 e. The van der Waals surface area contributed by atoms with Crippen LogP contribution in [0.5, 0.6) is 0 Å². The number of hydrogen-bond donors (Lipinski definition) is 1. The Morgan fingerprint density at radius 3 is 2.40 bits per heavy atom. The van der Waals surface area contributed by atoms with Gasteiger partial charge in [0, 0.05) is 0 Å². The van der Waals surface area contributed by atoms with Crippen LogP contribution in [0, 0.1) is 5.41 Å². The van der Waals surface area contributed by atoms with Crippen molar-refractivity contribution in [2.24, 2.45) is 5.41 Å². The predicted molar refractivity (Wildman–Crippen MR) is 33.7 cm³/mol. The molecule has 0 aromatic carbocycles. The SMILES string of the molecule is CC12COC(C(=O)O)(C1)C2. The van der Waals surface area contributed by atoms with E-state index < -0.39 is 11.6 Å². The second-order valence-electron chi connectivity index (χ2n) is 3.75. The van der Waals surface area contributed by atoms with E-state index >= 15 is 0 Å². The number of ether oxygens (including phenoxy) is 1. The number of fused-ring (bicyclic) bond motifs is 1. The Balaban J connectivity index is 2.20. The monoisotopic (exact) mass is 142 g/mol. The predicted octanol–water partition coefficient (Wildman–Crippen LogP) is 0.640. The van der Waals surface area contributed by atoms with Gasteiger partial charge in [-0.3, -0.25) is 0 Å². The quantitative estimate of drug-likeness (QED) is 0.584. The minimum atomic E-state index is -0.789. The third-order valence-corrected chi connectivity index (χ3v) is 2.51. The zero-order chi connectivity index (χ0) is 7.41. The topological polar surface area (TPSA) is 46.5 Å². The summed E-state index contributed by atoms with van der Waals surface area (Å²) in [4.78, 5) is 10.6. The fourth-order valence-corrected chi connectivity index (χ4v) is 2.06. The Hall–Kier alpha value is -0.570. The van der Waals surface area contributed by atoms with Crippen molar-refractivity contribution in [3.63, 3.8) is 0 Å². The van der Waals surface area contributed by atoms with Crippen LogP contribution < -0.4 is 0 Å². The highest BCUT2D eigenvalue weighted by atomic mass is 16.5. The summed E-state index contributed by atoms with van der Waals surface area (Å²) in [7, 11) is 0. The first-order valence-corrected chi connectivity index (χ1v) is 3.44. The van der Waals surface area contributed by atoms with E-state index in [1.807, 2.05) is 0 Å². The van der Waals surface area contributed by atoms with E-state index in [1.165, 1.54) is 0 Å². The summed E-state index contributed by atoms with van der Waals surface area (Å²) < 4.78 is 5.18. The Kier molecular flexibility index (Phi) is 0.844. The van der Waals surface area contributed by atoms with Gasteiger partial charge in [-0.2, -0.15) is 0 Å². The largest absolute Gasteiger partial charge is 0.479 e. The molecule has 0 spiro atoms. The molecule has 3 fully saturated rings. The molecular weight excluding hydrogens is 132 g/mol. The van der Waals surface area contributed by atoms with Crippen LogP contribution in [0.4, 0.5) is 0 Å². The van der Waals surface area contributed by atoms with Crippen LogP contribution in [0.25, 0.3) is 0 Å². The lowest BCUT2D eigenvalue weighted by molar-refractivity contribution is -0.164. The molecule has 0 unspecified atom stereocenters. The van der Waals surface area contributed by atoms with E-state index in [9.17, 15) is 4.79 Å². The van der Waals surface area contributed by atoms with Crippen LogP contribution in [0.1, 0.15) is 19.8 Å². The molecule has 0 atom stereocenters. The third kappa shape index (κ3) is 0.515. The van der Waals surface area contributed by atoms with Crippen LogP contribution in [0.2, 0.25) is 0 Å². The van der Waals surface area contributed by atoms with E-state index in [2.05, 4.69) is 6.92 Å². The van der Waals surface area contributed by atoms with E-state index in [1.54, 1.807) is 0 Å². The van der Waals surface area contributed by atoms with Crippen molar-refractivity contribution in [1.82, 2.24) is 0 Å². The van der Waals surface area contributed by atoms with Gasteiger partial charge >= 0.3 is 5.97 Å². The first-order chi connectivity index (χ1) is 4.56. The standard InChI is InChI=1S/C7H10O3/c1-6-2-7(3-6,5(8)9)10-4-6/h2-4H2,1H3,(H,8,9). The van der Waals surface area contributed by atoms with Gasteiger partial charge in [0.05, 0.1) is 6.61 Å². The van der Waals surface area contributed by atoms with Crippen molar-refractivity contribution in [2.75, 3.05) is 6.61 Å². The smallest absolute Gasteiger partial charge is 0.336 e. The van der Waals surface area contributed by atoms with E-state index in [0.717, 1.165) is 0 Å². The molecule has 0 aromatic heterocycles. The molecule has 0 aromatic rings. The van der Waals surface area contributed by atoms with Gasteiger partial charge in [-0.05, 0) is 18.3 Å². The molecule has 3 aliphatic rings. The summed E-state index contributed by atoms with van der Waals surface area (Å²) in [5.74, 6) is -0.789. The van der Waals surface area contributed by atoms with Crippen molar-refractivity contribution < 1.29 is 14.6 Å². The first-order valence-electron chi connectivity index (χ1n) is 3.44. The Labute approximate surface area is 59.0 Å². The van der Waals surface area contributed by atoms with Gasteiger partial charge in [-0.1, -0.05) is 6.92 Å². The lowest BCUT2D eigenvalue weighted by Gasteiger charge is -2.38. The molecule has 1 aliphatic carbocycles. The summed E-state index contributed by atoms with van der Waals surface area (Å²) in [5, 5.41) is 8.70. The molecule has 2 heterocycles. The Morgan fingerprint density at radius 1 is 1.60 bits per heavy atom. The fraction of sp³-hybridized carbons (Fsp3) is 0.857. The van der Waals surface area contributed by atoms with Gasteiger partial charge in [0.2, 0.25) is 0 Å². The van der Waals surface area contributed by atoms with E-state index in [4.69, 9.17) is 9.84 Å². The van der Waals surface area contributed by atoms with Crippen LogP contribution >= 0.6 is 0 Å². The lowest BCUT2D eigenvalue weighted by atomic mass is 9.64. The van der Waals surface area contributed by atoms with Crippen LogP contribution in [-0.4, -0.2) is 23.3 Å². The third-order valence-electron chi connectivity index (χ3n) is 2.51. The van der Waals surface area contributed by atoms with Crippen LogP contribution in [0.3, 0.4) is 0 Å². The molecule has 56 valence electrons. The minimum Gasteiger partial charge on any atom is -0.479 e. The molecule has 3 heteroatoms. The molecule has 2 saturated heterocycles. The summed E-state index contributed by atoms with van der Waals surface area (Å²) >= 11 is 0. The molecule has 1 saturated carbocycles. The maximum absolute atomic E-state index is 10.6. The van der Waals surface area contributed by atoms with Crippen molar-refractivity contribution in [1.29, 1.82) is 0 Å². The van der Waals surface area contributed by atoms with Gasteiger partial charge in [-0.15, -0.1) is 0 Å². The van der Waals surface area contributed by atoms with Crippen molar-refractivity contribution >= 4 is 5.97 Å². The molecule has 0 amide bonds. The number of hydrogen-bond acceptors (Lipinski definition) is 2. The highest BCUT2D eigenvalue weighted by Crippen LogP contribution is 2.57. The van der Waals surface area contributed by atoms with Crippen LogP contribution in [0.15, 0.2) is 0 Å². The normalized spacial score (nSPS) is 50.5. The molecule has 2 aliphatic heterocycles. The van der Waals surface area contributed by atoms with Crippen molar-refractivity contribution in [2.45, 2.75) is 25.4 Å². The van der Waals surface area contributed by atoms with Gasteiger partial charge in [0.25, 0.3) is 0 Å². The summed E-state index contributed by atoms with van der Waals surface area (Å²) in [6, 6.07) is 0. The first kappa shape index (κ1) is 6.16. The minimum absolute atomic E-state index is 0.179. The molecule has 0 radical (unpaired) electrons. The van der Waals surface area contributed by atoms with Gasteiger partial charge in [-0.25, -0.2) is 4.79 Å². The Bertz CT molecular complexity index is 191. The van der Waals surface area contributed by atoms with E-state index in [-0.39, 0.29) is 5.41 Å². The van der Waals surface area contributed by atoms with Gasteiger partial charge in [0.1, 0.15) is 0 Å². The average molecular weight is 142 g/mol. The average Bonchev–Trinajstić information content (AvgIpc) is 2.19. The second-order valence-corrected chi connectivity index (χ2v) is 3.75. The molecule has 3 nitrogen and oxygen atoms in total. The van der Waals surface area contributed by atoms with Gasteiger partial charge < -0.3 is 9.84 Å². The van der Waals surface area contributed by atoms with Gasteiger partial charge in [0.15, 0.2) is 5.60 Å².